The molecule has 0 saturated heterocycles. The maximum absolute atomic E-state index is 9.45. The number of hydrogen-bond acceptors (Lipinski definition) is 4. The predicted octanol–water partition coefficient (Wildman–Crippen LogP) is 2.54. The van der Waals surface area contributed by atoms with E-state index in [0.717, 1.165) is 4.48 Å². The van der Waals surface area contributed by atoms with E-state index in [1.54, 1.807) is 0 Å². The minimum Gasteiger partial charge on any atom is -0.726 e. The van der Waals surface area contributed by atoms with Crippen molar-refractivity contribution in [2.24, 2.45) is 0 Å². The Morgan fingerprint density at radius 2 is 1.42 bits per heavy atom. The maximum atomic E-state index is 9.45. The van der Waals surface area contributed by atoms with Crippen LogP contribution in [0.4, 0.5) is 0 Å². The highest BCUT2D eigenvalue weighted by Crippen LogP contribution is 2.06. The lowest BCUT2D eigenvalue weighted by Crippen LogP contribution is -2.35. The van der Waals surface area contributed by atoms with E-state index in [1.165, 1.54) is 52.0 Å². The lowest BCUT2D eigenvalue weighted by Gasteiger charge is -2.23. The highest BCUT2D eigenvalue weighted by atomic mass is 32.3. The molecule has 118 valence electrons. The van der Waals surface area contributed by atoms with Crippen LogP contribution < -0.4 is 0 Å². The molecule has 0 amide bonds. The van der Waals surface area contributed by atoms with Gasteiger partial charge < -0.3 is 9.04 Å². The smallest absolute Gasteiger partial charge is 0.217 e. The normalized spacial score (nSPS) is 11.9. The lowest BCUT2D eigenvalue weighted by molar-refractivity contribution is -0.870. The summed E-state index contributed by atoms with van der Waals surface area (Å²) in [6.07, 6.45) is 8.48. The summed E-state index contributed by atoms with van der Waals surface area (Å²) in [6, 6.07) is 0. The number of quaternary nitrogens is 1. The average molecular weight is 297 g/mol. The van der Waals surface area contributed by atoms with E-state index in [4.69, 9.17) is 0 Å². The Balaban J connectivity index is 0. The second-order valence-electron chi connectivity index (χ2n) is 5.60. The van der Waals surface area contributed by atoms with E-state index < -0.39 is 10.4 Å². The summed E-state index contributed by atoms with van der Waals surface area (Å²) in [5.41, 5.74) is 0. The molecule has 0 fully saturated rings. The first-order chi connectivity index (χ1) is 8.62. The first-order valence-electron chi connectivity index (χ1n) is 7.03. The van der Waals surface area contributed by atoms with Gasteiger partial charge in [0.25, 0.3) is 0 Å². The van der Waals surface area contributed by atoms with Gasteiger partial charge in [-0.25, -0.2) is 8.42 Å². The third-order valence-corrected chi connectivity index (χ3v) is 2.97. The van der Waals surface area contributed by atoms with Crippen LogP contribution in [0.15, 0.2) is 0 Å². The minimum absolute atomic E-state index is 0.0914. The Hall–Kier alpha value is -0.170. The van der Waals surface area contributed by atoms with E-state index >= 15 is 0 Å². The molecule has 0 aliphatic rings. The summed E-state index contributed by atoms with van der Waals surface area (Å²) >= 11 is 0. The van der Waals surface area contributed by atoms with Gasteiger partial charge in [-0.2, -0.15) is 0 Å². The van der Waals surface area contributed by atoms with Crippen molar-refractivity contribution >= 4 is 10.4 Å². The summed E-state index contributed by atoms with van der Waals surface area (Å²) in [5, 5.41) is 0. The molecule has 0 aliphatic heterocycles. The van der Waals surface area contributed by atoms with Crippen LogP contribution in [-0.4, -0.2) is 51.7 Å². The molecule has 0 radical (unpaired) electrons. The van der Waals surface area contributed by atoms with Crippen LogP contribution in [0.25, 0.3) is 0 Å². The van der Waals surface area contributed by atoms with Crippen molar-refractivity contribution in [1.29, 1.82) is 0 Å². The van der Waals surface area contributed by atoms with Gasteiger partial charge in [-0.3, -0.25) is 4.18 Å². The van der Waals surface area contributed by atoms with Gasteiger partial charge in [0.1, 0.15) is 0 Å². The lowest BCUT2D eigenvalue weighted by atomic mass is 10.1. The van der Waals surface area contributed by atoms with Crippen molar-refractivity contribution < 1.29 is 21.6 Å². The largest absolute Gasteiger partial charge is 0.726 e. The van der Waals surface area contributed by atoms with Crippen LogP contribution in [0.2, 0.25) is 0 Å². The molecule has 0 saturated carbocycles. The number of unbranched alkanes of at least 4 members (excludes halogenated alkanes) is 5. The van der Waals surface area contributed by atoms with Crippen molar-refractivity contribution in [3.63, 3.8) is 0 Å². The molecule has 0 heterocycles. The summed E-state index contributed by atoms with van der Waals surface area (Å²) < 4.78 is 33.1. The van der Waals surface area contributed by atoms with Gasteiger partial charge in [0.05, 0.1) is 34.3 Å². The third-order valence-electron chi connectivity index (χ3n) is 2.44. The molecule has 6 heteroatoms. The fourth-order valence-corrected chi connectivity index (χ4v) is 1.80. The molecule has 0 aliphatic carbocycles. The SMILES string of the molecule is CCCCCCCC[N+](C)(C)C.CCOS(=O)(=O)[O-]. The van der Waals surface area contributed by atoms with Gasteiger partial charge in [-0.05, 0) is 19.8 Å². The Morgan fingerprint density at radius 3 is 1.74 bits per heavy atom. The Labute approximate surface area is 119 Å². The standard InChI is InChI=1S/C11H26N.C2H6O4S/c1-5-6-7-8-9-10-11-12(2,3)4;1-2-6-7(3,4)5/h5-11H2,1-4H3;2H2,1H3,(H,3,4,5)/q+1;/p-1. The van der Waals surface area contributed by atoms with Crippen molar-refractivity contribution in [3.05, 3.63) is 0 Å². The fraction of sp³-hybridized carbons (Fsp3) is 1.00. The van der Waals surface area contributed by atoms with Crippen LogP contribution in [-0.2, 0) is 14.6 Å². The average Bonchev–Trinajstić information content (AvgIpc) is 2.21. The van der Waals surface area contributed by atoms with Gasteiger partial charge in [0.15, 0.2) is 0 Å². The Morgan fingerprint density at radius 1 is 0.947 bits per heavy atom. The number of rotatable bonds is 9. The summed E-state index contributed by atoms with van der Waals surface area (Å²) in [6.45, 7) is 4.93. The third kappa shape index (κ3) is 27.1. The second-order valence-corrected chi connectivity index (χ2v) is 6.65. The molecular weight excluding hydrogens is 266 g/mol. The molecule has 0 bridgehead atoms. The molecule has 19 heavy (non-hydrogen) atoms. The Kier molecular flexibility index (Phi) is 12.9. The van der Waals surface area contributed by atoms with Gasteiger partial charge in [0.2, 0.25) is 10.4 Å². The molecule has 0 aromatic heterocycles. The Bertz CT molecular complexity index is 284. The topological polar surface area (TPSA) is 66.4 Å². The van der Waals surface area contributed by atoms with Crippen LogP contribution in [0.5, 0.6) is 0 Å². The van der Waals surface area contributed by atoms with Gasteiger partial charge in [0, 0.05) is 0 Å². The van der Waals surface area contributed by atoms with Crippen LogP contribution in [0.1, 0.15) is 52.4 Å². The molecular formula is C13H31NO4S. The van der Waals surface area contributed by atoms with E-state index in [0.29, 0.717) is 0 Å². The first-order valence-corrected chi connectivity index (χ1v) is 8.36. The van der Waals surface area contributed by atoms with Crippen molar-refractivity contribution in [3.8, 4) is 0 Å². The predicted molar refractivity (Wildman–Crippen MR) is 77.6 cm³/mol. The second kappa shape index (κ2) is 11.6. The van der Waals surface area contributed by atoms with Crippen molar-refractivity contribution in [2.75, 3.05) is 34.3 Å². The quantitative estimate of drug-likeness (QED) is 0.284. The minimum atomic E-state index is -4.42. The summed E-state index contributed by atoms with van der Waals surface area (Å²) in [7, 11) is 2.39. The molecule has 0 aromatic carbocycles. The van der Waals surface area contributed by atoms with E-state index in [1.807, 2.05) is 0 Å². The zero-order valence-corrected chi connectivity index (χ0v) is 14.0. The van der Waals surface area contributed by atoms with Gasteiger partial charge in [-0.1, -0.05) is 32.6 Å². The molecule has 0 aromatic rings. The maximum Gasteiger partial charge on any atom is 0.217 e. The monoisotopic (exact) mass is 297 g/mol. The van der Waals surface area contributed by atoms with Crippen molar-refractivity contribution in [1.82, 2.24) is 0 Å². The molecule has 0 N–H and O–H groups in total. The van der Waals surface area contributed by atoms with Crippen LogP contribution >= 0.6 is 0 Å². The zero-order chi connectivity index (χ0) is 15.4. The van der Waals surface area contributed by atoms with Crippen molar-refractivity contribution in [2.45, 2.75) is 52.4 Å². The highest BCUT2D eigenvalue weighted by molar-refractivity contribution is 7.80. The van der Waals surface area contributed by atoms with E-state index in [9.17, 15) is 13.0 Å². The molecule has 0 unspecified atom stereocenters. The first kappa shape index (κ1) is 21.1. The fourth-order valence-electron chi connectivity index (χ4n) is 1.51. The molecule has 5 nitrogen and oxygen atoms in total. The van der Waals surface area contributed by atoms with Crippen LogP contribution in [0, 0.1) is 0 Å². The van der Waals surface area contributed by atoms with E-state index in [-0.39, 0.29) is 6.61 Å². The number of hydrogen-bond donors (Lipinski definition) is 0. The molecule has 0 rings (SSSR count). The van der Waals surface area contributed by atoms with Crippen LogP contribution in [0.3, 0.4) is 0 Å². The molecule has 0 atom stereocenters. The number of nitrogens with zero attached hydrogens (tertiary/aromatic N) is 1. The highest BCUT2D eigenvalue weighted by Gasteiger charge is 2.04. The molecule has 0 spiro atoms. The van der Waals surface area contributed by atoms with Gasteiger partial charge in [-0.15, -0.1) is 0 Å². The van der Waals surface area contributed by atoms with E-state index in [2.05, 4.69) is 32.2 Å². The van der Waals surface area contributed by atoms with Gasteiger partial charge >= 0.3 is 0 Å². The summed E-state index contributed by atoms with van der Waals surface area (Å²) in [5.74, 6) is 0. The zero-order valence-electron chi connectivity index (χ0n) is 13.1. The summed E-state index contributed by atoms with van der Waals surface area (Å²) in [4.78, 5) is 0.